The highest BCUT2D eigenvalue weighted by atomic mass is 127. The Hall–Kier alpha value is -1.87. The summed E-state index contributed by atoms with van der Waals surface area (Å²) in [7, 11) is 0. The van der Waals surface area contributed by atoms with Crippen LogP contribution in [0.2, 0.25) is 5.02 Å². The largest absolute Gasteiger partial charge is 0.506 e. The Morgan fingerprint density at radius 1 is 1.29 bits per heavy atom. The van der Waals surface area contributed by atoms with E-state index in [4.69, 9.17) is 11.6 Å². The molecule has 0 saturated carbocycles. The number of halogens is 2. The maximum atomic E-state index is 12.1. The molecule has 2 N–H and O–H groups in total. The standard InChI is InChI=1S/C13H8ClIN2O4/c14-7-1-3-10(15)9(5-7)13(19)16-11-4-2-8(17(20)21)6-12(11)18/h1-6,18H,(H,16,19). The Labute approximate surface area is 138 Å². The van der Waals surface area contributed by atoms with Gasteiger partial charge in [-0.25, -0.2) is 0 Å². The number of phenolic OH excluding ortho intramolecular Hbond substituents is 1. The average Bonchev–Trinajstić information content (AvgIpc) is 2.43. The van der Waals surface area contributed by atoms with Gasteiger partial charge < -0.3 is 10.4 Å². The van der Waals surface area contributed by atoms with Crippen LogP contribution in [0.25, 0.3) is 0 Å². The van der Waals surface area contributed by atoms with Crippen LogP contribution in [-0.2, 0) is 0 Å². The zero-order chi connectivity index (χ0) is 15.6. The predicted octanol–water partition coefficient (Wildman–Crippen LogP) is 3.81. The lowest BCUT2D eigenvalue weighted by molar-refractivity contribution is -0.384. The number of hydrogen-bond acceptors (Lipinski definition) is 4. The summed E-state index contributed by atoms with van der Waals surface area (Å²) < 4.78 is 0.691. The first-order valence-electron chi connectivity index (χ1n) is 5.62. The van der Waals surface area contributed by atoms with Crippen LogP contribution < -0.4 is 5.32 Å². The van der Waals surface area contributed by atoms with Crippen LogP contribution in [0, 0.1) is 13.7 Å². The molecule has 0 aliphatic carbocycles. The SMILES string of the molecule is O=C(Nc1ccc([N+](=O)[O-])cc1O)c1cc(Cl)ccc1I. The molecule has 2 aromatic carbocycles. The van der Waals surface area contributed by atoms with Crippen LogP contribution in [0.3, 0.4) is 0 Å². The number of carbonyl (C=O) groups excluding carboxylic acids is 1. The third kappa shape index (κ3) is 3.61. The molecule has 0 heterocycles. The lowest BCUT2D eigenvalue weighted by atomic mass is 10.2. The molecule has 0 saturated heterocycles. The summed E-state index contributed by atoms with van der Waals surface area (Å²) in [6.07, 6.45) is 0. The number of benzene rings is 2. The Morgan fingerprint density at radius 3 is 2.62 bits per heavy atom. The molecule has 0 unspecified atom stereocenters. The van der Waals surface area contributed by atoms with Crippen molar-refractivity contribution in [1.29, 1.82) is 0 Å². The van der Waals surface area contributed by atoms with Gasteiger partial charge in [-0.2, -0.15) is 0 Å². The maximum absolute atomic E-state index is 12.1. The second-order valence-corrected chi connectivity index (χ2v) is 5.64. The van der Waals surface area contributed by atoms with E-state index < -0.39 is 10.8 Å². The quantitative estimate of drug-likeness (QED) is 0.343. The Bertz CT molecular complexity index is 736. The minimum atomic E-state index is -0.634. The zero-order valence-electron chi connectivity index (χ0n) is 10.3. The Kier molecular flexibility index (Phi) is 4.63. The van der Waals surface area contributed by atoms with Crippen molar-refractivity contribution >= 4 is 51.5 Å². The molecule has 0 aromatic heterocycles. The highest BCUT2D eigenvalue weighted by Gasteiger charge is 2.15. The topological polar surface area (TPSA) is 92.5 Å². The molecule has 0 fully saturated rings. The molecule has 2 aromatic rings. The van der Waals surface area contributed by atoms with Gasteiger partial charge >= 0.3 is 0 Å². The maximum Gasteiger partial charge on any atom is 0.273 e. The molecule has 0 aliphatic heterocycles. The third-order valence-electron chi connectivity index (χ3n) is 2.61. The van der Waals surface area contributed by atoms with E-state index in [0.717, 1.165) is 6.07 Å². The molecule has 108 valence electrons. The van der Waals surface area contributed by atoms with Crippen molar-refractivity contribution in [2.24, 2.45) is 0 Å². The van der Waals surface area contributed by atoms with Crippen LogP contribution in [0.1, 0.15) is 10.4 Å². The van der Waals surface area contributed by atoms with E-state index in [1.807, 2.05) is 22.6 Å². The minimum Gasteiger partial charge on any atom is -0.506 e. The van der Waals surface area contributed by atoms with E-state index in [9.17, 15) is 20.0 Å². The van der Waals surface area contributed by atoms with Crippen LogP contribution in [-0.4, -0.2) is 15.9 Å². The number of aromatic hydroxyl groups is 1. The number of nitrogens with one attached hydrogen (secondary N) is 1. The van der Waals surface area contributed by atoms with Crippen LogP contribution in [0.4, 0.5) is 11.4 Å². The van der Waals surface area contributed by atoms with Gasteiger partial charge in [0, 0.05) is 14.7 Å². The van der Waals surface area contributed by atoms with Gasteiger partial charge in [-0.15, -0.1) is 0 Å². The molecule has 21 heavy (non-hydrogen) atoms. The summed E-state index contributed by atoms with van der Waals surface area (Å²) in [5.41, 5.74) is 0.171. The van der Waals surface area contributed by atoms with Gasteiger partial charge in [-0.3, -0.25) is 14.9 Å². The number of nitro groups is 1. The van der Waals surface area contributed by atoms with Crippen molar-refractivity contribution in [3.05, 3.63) is 60.7 Å². The molecular weight excluding hydrogens is 411 g/mol. The summed E-state index contributed by atoms with van der Waals surface area (Å²) in [5.74, 6) is -0.847. The first kappa shape index (κ1) is 15.5. The normalized spacial score (nSPS) is 10.2. The molecule has 1 amide bonds. The van der Waals surface area contributed by atoms with E-state index in [1.165, 1.54) is 18.2 Å². The number of nitrogens with zero attached hydrogens (tertiary/aromatic N) is 1. The lowest BCUT2D eigenvalue weighted by Gasteiger charge is -2.08. The van der Waals surface area contributed by atoms with Gasteiger partial charge in [0.2, 0.25) is 0 Å². The van der Waals surface area contributed by atoms with Crippen molar-refractivity contribution in [2.45, 2.75) is 0 Å². The van der Waals surface area contributed by atoms with E-state index >= 15 is 0 Å². The fraction of sp³-hybridized carbons (Fsp3) is 0. The molecule has 2 rings (SSSR count). The number of carbonyl (C=O) groups is 1. The molecule has 0 aliphatic rings. The Morgan fingerprint density at radius 2 is 2.00 bits per heavy atom. The Balaban J connectivity index is 2.27. The van der Waals surface area contributed by atoms with Crippen LogP contribution in [0.15, 0.2) is 36.4 Å². The number of nitro benzene ring substituents is 1. The number of phenols is 1. The summed E-state index contributed by atoms with van der Waals surface area (Å²) in [6.45, 7) is 0. The highest BCUT2D eigenvalue weighted by Crippen LogP contribution is 2.29. The first-order chi connectivity index (χ1) is 9.88. The number of non-ortho nitro benzene ring substituents is 1. The van der Waals surface area contributed by atoms with Crippen LogP contribution in [0.5, 0.6) is 5.75 Å². The molecular formula is C13H8ClIN2O4. The monoisotopic (exact) mass is 418 g/mol. The molecule has 8 heteroatoms. The van der Waals surface area contributed by atoms with Crippen molar-refractivity contribution in [2.75, 3.05) is 5.32 Å². The van der Waals surface area contributed by atoms with E-state index in [1.54, 1.807) is 12.1 Å². The summed E-state index contributed by atoms with van der Waals surface area (Å²) in [5, 5.41) is 23.2. The van der Waals surface area contributed by atoms with Gasteiger partial charge in [0.25, 0.3) is 11.6 Å². The van der Waals surface area contributed by atoms with Crippen LogP contribution >= 0.6 is 34.2 Å². The van der Waals surface area contributed by atoms with E-state index in [0.29, 0.717) is 14.2 Å². The second-order valence-electron chi connectivity index (χ2n) is 4.04. The van der Waals surface area contributed by atoms with Crippen molar-refractivity contribution in [3.8, 4) is 5.75 Å². The molecule has 0 spiro atoms. The molecule has 6 nitrogen and oxygen atoms in total. The lowest BCUT2D eigenvalue weighted by Crippen LogP contribution is -2.13. The zero-order valence-corrected chi connectivity index (χ0v) is 13.3. The van der Waals surface area contributed by atoms with Gasteiger partial charge in [-0.1, -0.05) is 11.6 Å². The van der Waals surface area contributed by atoms with Crippen molar-refractivity contribution in [1.82, 2.24) is 0 Å². The number of rotatable bonds is 3. The summed E-state index contributed by atoms with van der Waals surface area (Å²) in [6, 6.07) is 8.28. The van der Waals surface area contributed by atoms with Gasteiger partial charge in [0.15, 0.2) is 0 Å². The van der Waals surface area contributed by atoms with E-state index in [2.05, 4.69) is 5.32 Å². The smallest absolute Gasteiger partial charge is 0.273 e. The fourth-order valence-electron chi connectivity index (χ4n) is 1.60. The fourth-order valence-corrected chi connectivity index (χ4v) is 2.35. The van der Waals surface area contributed by atoms with Gasteiger partial charge in [0.05, 0.1) is 22.2 Å². The van der Waals surface area contributed by atoms with Gasteiger partial charge in [-0.05, 0) is 46.9 Å². The molecule has 0 radical (unpaired) electrons. The third-order valence-corrected chi connectivity index (χ3v) is 3.79. The molecule has 0 bridgehead atoms. The summed E-state index contributed by atoms with van der Waals surface area (Å²) in [4.78, 5) is 22.1. The van der Waals surface area contributed by atoms with Crippen molar-refractivity contribution < 1.29 is 14.8 Å². The molecule has 0 atom stereocenters. The average molecular weight is 419 g/mol. The predicted molar refractivity (Wildman–Crippen MR) is 86.9 cm³/mol. The first-order valence-corrected chi connectivity index (χ1v) is 7.08. The van der Waals surface area contributed by atoms with Gasteiger partial charge in [0.1, 0.15) is 5.75 Å². The highest BCUT2D eigenvalue weighted by molar-refractivity contribution is 14.1. The van der Waals surface area contributed by atoms with E-state index in [-0.39, 0.29) is 17.1 Å². The minimum absolute atomic E-state index is 0.0846. The number of anilines is 1. The second kappa shape index (κ2) is 6.27. The number of hydrogen-bond donors (Lipinski definition) is 2. The number of amides is 1. The van der Waals surface area contributed by atoms with Crippen molar-refractivity contribution in [3.63, 3.8) is 0 Å². The summed E-state index contributed by atoms with van der Waals surface area (Å²) >= 11 is 7.83.